The highest BCUT2D eigenvalue weighted by molar-refractivity contribution is 5.83. The highest BCUT2D eigenvalue weighted by Gasteiger charge is 2.36. The Bertz CT molecular complexity index is 335. The molecule has 110 valence electrons. The van der Waals surface area contributed by atoms with Crippen molar-refractivity contribution in [3.63, 3.8) is 0 Å². The maximum atomic E-state index is 12.4. The maximum Gasteiger partial charge on any atom is 0.326 e. The molecule has 1 rings (SSSR count). The normalized spacial score (nSPS) is 24.9. The fourth-order valence-corrected chi connectivity index (χ4v) is 2.35. The van der Waals surface area contributed by atoms with Crippen LogP contribution in [0.5, 0.6) is 0 Å². The number of ether oxygens (including phenoxy) is 1. The molecule has 0 aromatic carbocycles. The van der Waals surface area contributed by atoms with E-state index in [1.165, 1.54) is 4.90 Å². The Balaban J connectivity index is 2.75. The first-order valence-corrected chi connectivity index (χ1v) is 6.63. The van der Waals surface area contributed by atoms with Crippen molar-refractivity contribution in [2.24, 2.45) is 5.92 Å². The number of hydrogen-bond acceptors (Lipinski definition) is 3. The maximum absolute atomic E-state index is 12.4. The van der Waals surface area contributed by atoms with Gasteiger partial charge in [0.1, 0.15) is 6.04 Å². The molecule has 3 atom stereocenters. The van der Waals surface area contributed by atoms with Gasteiger partial charge in [0.15, 0.2) is 0 Å². The number of carboxylic acids is 1. The largest absolute Gasteiger partial charge is 0.480 e. The minimum atomic E-state index is -0.923. The molecule has 0 aromatic heterocycles. The number of urea groups is 1. The Morgan fingerprint density at radius 1 is 1.53 bits per heavy atom. The summed E-state index contributed by atoms with van der Waals surface area (Å²) in [6.45, 7) is 4.84. The van der Waals surface area contributed by atoms with Crippen molar-refractivity contribution >= 4 is 12.0 Å². The fourth-order valence-electron chi connectivity index (χ4n) is 2.35. The Morgan fingerprint density at radius 3 is 2.68 bits per heavy atom. The Labute approximate surface area is 114 Å². The van der Waals surface area contributed by atoms with Crippen LogP contribution in [0, 0.1) is 5.92 Å². The molecule has 1 aliphatic heterocycles. The first kappa shape index (κ1) is 15.8. The topological polar surface area (TPSA) is 70.1 Å². The molecule has 0 bridgehead atoms. The quantitative estimate of drug-likeness (QED) is 0.836. The molecule has 0 spiro atoms. The van der Waals surface area contributed by atoms with Gasteiger partial charge in [0, 0.05) is 20.7 Å². The molecule has 0 aromatic rings. The zero-order chi connectivity index (χ0) is 14.6. The van der Waals surface area contributed by atoms with Gasteiger partial charge in [0.25, 0.3) is 0 Å². The van der Waals surface area contributed by atoms with E-state index in [1.54, 1.807) is 19.1 Å². The molecule has 1 saturated heterocycles. The van der Waals surface area contributed by atoms with Crippen molar-refractivity contribution in [2.75, 3.05) is 27.3 Å². The third-order valence-electron chi connectivity index (χ3n) is 3.77. The molecular weight excluding hydrogens is 248 g/mol. The molecule has 0 radical (unpaired) electrons. The lowest BCUT2D eigenvalue weighted by atomic mass is 9.92. The predicted molar refractivity (Wildman–Crippen MR) is 71.0 cm³/mol. The number of hydrogen-bond donors (Lipinski definition) is 1. The second-order valence-electron chi connectivity index (χ2n) is 5.37. The summed E-state index contributed by atoms with van der Waals surface area (Å²) in [5.74, 6) is -0.584. The van der Waals surface area contributed by atoms with Crippen LogP contribution in [0.2, 0.25) is 0 Å². The Hall–Kier alpha value is -1.30. The van der Waals surface area contributed by atoms with E-state index in [1.807, 2.05) is 13.8 Å². The van der Waals surface area contributed by atoms with Crippen LogP contribution in [0.1, 0.15) is 26.7 Å². The number of likely N-dealkylation sites (tertiary alicyclic amines) is 1. The van der Waals surface area contributed by atoms with E-state index in [2.05, 4.69) is 0 Å². The lowest BCUT2D eigenvalue weighted by Gasteiger charge is -2.39. The average Bonchev–Trinajstić information content (AvgIpc) is 2.37. The summed E-state index contributed by atoms with van der Waals surface area (Å²) >= 11 is 0. The van der Waals surface area contributed by atoms with Gasteiger partial charge >= 0.3 is 12.0 Å². The summed E-state index contributed by atoms with van der Waals surface area (Å²) in [6, 6.07) is -1.02. The summed E-state index contributed by atoms with van der Waals surface area (Å²) in [5, 5.41) is 9.26. The van der Waals surface area contributed by atoms with Gasteiger partial charge in [-0.05, 0) is 25.7 Å². The van der Waals surface area contributed by atoms with Crippen LogP contribution in [0.15, 0.2) is 0 Å². The number of nitrogens with zero attached hydrogens (tertiary/aromatic N) is 2. The number of carboxylic acid groups (broad SMARTS) is 1. The van der Waals surface area contributed by atoms with Crippen molar-refractivity contribution in [1.29, 1.82) is 0 Å². The van der Waals surface area contributed by atoms with Crippen LogP contribution in [0.4, 0.5) is 4.79 Å². The molecule has 6 heteroatoms. The summed E-state index contributed by atoms with van der Waals surface area (Å²) in [5.41, 5.74) is 0. The molecule has 2 amide bonds. The van der Waals surface area contributed by atoms with Crippen LogP contribution in [-0.4, -0.2) is 66.3 Å². The molecule has 1 fully saturated rings. The highest BCUT2D eigenvalue weighted by Crippen LogP contribution is 2.24. The van der Waals surface area contributed by atoms with E-state index in [-0.39, 0.29) is 12.1 Å². The van der Waals surface area contributed by atoms with Gasteiger partial charge in [-0.1, -0.05) is 6.92 Å². The van der Waals surface area contributed by atoms with E-state index < -0.39 is 12.0 Å². The number of aliphatic carboxylic acids is 1. The average molecular weight is 272 g/mol. The number of rotatable bonds is 4. The number of carbonyl (C=O) groups excluding carboxylic acids is 1. The van der Waals surface area contributed by atoms with Crippen LogP contribution in [0.25, 0.3) is 0 Å². The summed E-state index contributed by atoms with van der Waals surface area (Å²) in [7, 11) is 3.26. The zero-order valence-electron chi connectivity index (χ0n) is 12.1. The zero-order valence-corrected chi connectivity index (χ0v) is 12.1. The van der Waals surface area contributed by atoms with Crippen LogP contribution in [0.3, 0.4) is 0 Å². The summed E-state index contributed by atoms with van der Waals surface area (Å²) in [4.78, 5) is 26.7. The minimum Gasteiger partial charge on any atom is -0.480 e. The van der Waals surface area contributed by atoms with E-state index in [0.29, 0.717) is 25.5 Å². The third kappa shape index (κ3) is 3.83. The van der Waals surface area contributed by atoms with E-state index in [0.717, 1.165) is 6.42 Å². The Kier molecular flexibility index (Phi) is 5.60. The fraction of sp³-hybridized carbons (Fsp3) is 0.846. The predicted octanol–water partition coefficient (Wildman–Crippen LogP) is 1.26. The highest BCUT2D eigenvalue weighted by atomic mass is 16.5. The van der Waals surface area contributed by atoms with Gasteiger partial charge in [0.05, 0.1) is 12.6 Å². The van der Waals surface area contributed by atoms with Gasteiger partial charge in [-0.25, -0.2) is 9.59 Å². The van der Waals surface area contributed by atoms with E-state index >= 15 is 0 Å². The number of methoxy groups -OCH3 is 1. The van der Waals surface area contributed by atoms with Gasteiger partial charge < -0.3 is 19.6 Å². The molecule has 6 nitrogen and oxygen atoms in total. The summed E-state index contributed by atoms with van der Waals surface area (Å²) in [6.07, 6.45) is 1.37. The Morgan fingerprint density at radius 2 is 2.16 bits per heavy atom. The monoisotopic (exact) mass is 272 g/mol. The van der Waals surface area contributed by atoms with Gasteiger partial charge in [0.2, 0.25) is 0 Å². The number of amides is 2. The molecule has 19 heavy (non-hydrogen) atoms. The number of piperidine rings is 1. The molecule has 0 aliphatic carbocycles. The molecular formula is C13H24N2O4. The SMILES string of the molecule is COCC(C)N(C)C(=O)N1CCC(C)CC1C(=O)O. The third-order valence-corrected chi connectivity index (χ3v) is 3.77. The molecule has 1 N–H and O–H groups in total. The van der Waals surface area contributed by atoms with Gasteiger partial charge in [-0.3, -0.25) is 0 Å². The lowest BCUT2D eigenvalue weighted by molar-refractivity contribution is -0.144. The van der Waals surface area contributed by atoms with Crippen LogP contribution >= 0.6 is 0 Å². The standard InChI is InChI=1S/C13H24N2O4/c1-9-5-6-15(11(7-9)12(16)17)13(18)14(3)10(2)8-19-4/h9-11H,5-8H2,1-4H3,(H,16,17). The van der Waals surface area contributed by atoms with Crippen LogP contribution in [-0.2, 0) is 9.53 Å². The molecule has 0 saturated carbocycles. The van der Waals surface area contributed by atoms with E-state index in [9.17, 15) is 14.7 Å². The first-order chi connectivity index (χ1) is 8.88. The second-order valence-corrected chi connectivity index (χ2v) is 5.37. The smallest absolute Gasteiger partial charge is 0.326 e. The number of likely N-dealkylation sites (N-methyl/N-ethyl adjacent to an activating group) is 1. The second kappa shape index (κ2) is 6.75. The van der Waals surface area contributed by atoms with Crippen molar-refractivity contribution < 1.29 is 19.4 Å². The van der Waals surface area contributed by atoms with Crippen molar-refractivity contribution in [3.8, 4) is 0 Å². The molecule has 3 unspecified atom stereocenters. The van der Waals surface area contributed by atoms with Gasteiger partial charge in [-0.2, -0.15) is 0 Å². The van der Waals surface area contributed by atoms with Crippen molar-refractivity contribution in [2.45, 2.75) is 38.8 Å². The first-order valence-electron chi connectivity index (χ1n) is 6.63. The van der Waals surface area contributed by atoms with Crippen molar-refractivity contribution in [3.05, 3.63) is 0 Å². The number of carbonyl (C=O) groups is 2. The molecule has 1 aliphatic rings. The van der Waals surface area contributed by atoms with Crippen LogP contribution < -0.4 is 0 Å². The molecule has 1 heterocycles. The van der Waals surface area contributed by atoms with Crippen molar-refractivity contribution in [1.82, 2.24) is 9.80 Å². The van der Waals surface area contributed by atoms with E-state index in [4.69, 9.17) is 4.74 Å². The van der Waals surface area contributed by atoms with Gasteiger partial charge in [-0.15, -0.1) is 0 Å². The summed E-state index contributed by atoms with van der Waals surface area (Å²) < 4.78 is 5.02. The minimum absolute atomic E-state index is 0.0775. The lowest BCUT2D eigenvalue weighted by Crippen LogP contribution is -2.55.